The van der Waals surface area contributed by atoms with Gasteiger partial charge in [0.2, 0.25) is 11.8 Å². The van der Waals surface area contributed by atoms with E-state index in [2.05, 4.69) is 152 Å². The molecule has 4 aliphatic rings. The lowest BCUT2D eigenvalue weighted by molar-refractivity contribution is 0.0664. The van der Waals surface area contributed by atoms with Crippen LogP contribution in [0.3, 0.4) is 0 Å². The topological polar surface area (TPSA) is 578 Å². The second kappa shape index (κ2) is 41.3. The molecular weight excluding hydrogens is 1750 g/mol. The number of rotatable bonds is 22. The van der Waals surface area contributed by atoms with Gasteiger partial charge in [-0.1, -0.05) is 83.1 Å². The average molecular weight is 1850 g/mol. The smallest absolute Gasteiger partial charge is 0.270 e. The zero-order chi connectivity index (χ0) is 97.0. The fourth-order valence-electron chi connectivity index (χ4n) is 16.2. The number of hydrogen-bond acceptors (Lipinski definition) is 36. The Labute approximate surface area is 800 Å². The van der Waals surface area contributed by atoms with Gasteiger partial charge >= 0.3 is 0 Å². The van der Waals surface area contributed by atoms with Crippen LogP contribution in [0, 0.1) is 51.2 Å². The first-order chi connectivity index (χ1) is 67.3. The van der Waals surface area contributed by atoms with E-state index in [1.54, 1.807) is 69.5 Å². The van der Waals surface area contributed by atoms with Crippen LogP contribution in [-0.4, -0.2) is 137 Å². The predicted octanol–water partition coefficient (Wildman–Crippen LogP) is 15.9. The normalized spacial score (nSPS) is 15.8. The molecule has 0 amide bonds. The number of aromatic nitrogens is 18. The van der Waals surface area contributed by atoms with Crippen LogP contribution in [0.2, 0.25) is 0 Å². The van der Waals surface area contributed by atoms with Crippen molar-refractivity contribution >= 4 is 23.3 Å². The maximum Gasteiger partial charge on any atom is 0.270 e. The number of nitrogens with one attached hydrogen (secondary N) is 2. The highest BCUT2D eigenvalue weighted by molar-refractivity contribution is 5.77. The van der Waals surface area contributed by atoms with Crippen LogP contribution in [0.5, 0.6) is 0 Å². The molecule has 3 saturated heterocycles. The van der Waals surface area contributed by atoms with Gasteiger partial charge in [-0.15, -0.1) is 20.4 Å². The molecule has 0 spiro atoms. The Kier molecular flexibility index (Phi) is 28.0. The van der Waals surface area contributed by atoms with Crippen LogP contribution in [0.4, 0.5) is 23.3 Å². The fourth-order valence-corrected chi connectivity index (χ4v) is 16.2. The van der Waals surface area contributed by atoms with E-state index in [-0.39, 0.29) is 52.8 Å². The summed E-state index contributed by atoms with van der Waals surface area (Å²) in [4.78, 5) is 53.5. The lowest BCUT2D eigenvalue weighted by Crippen LogP contribution is -2.42. The van der Waals surface area contributed by atoms with Gasteiger partial charge < -0.3 is 72.4 Å². The van der Waals surface area contributed by atoms with E-state index >= 15 is 0 Å². The molecule has 3 aliphatic heterocycles. The molecule has 4 aromatic carbocycles. The molecule has 1 unspecified atom stereocenters. The zero-order valence-electron chi connectivity index (χ0n) is 77.3. The largest absolute Gasteiger partial charge is 0.414 e. The first kappa shape index (κ1) is 94.2. The van der Waals surface area contributed by atoms with Crippen LogP contribution in [0.25, 0.3) is 137 Å². The molecule has 4 atom stereocenters. The minimum Gasteiger partial charge on any atom is -0.414 e. The number of benzene rings is 4. The monoisotopic (exact) mass is 1850 g/mol. The van der Waals surface area contributed by atoms with E-state index in [0.717, 1.165) is 133 Å². The summed E-state index contributed by atoms with van der Waals surface area (Å²) in [6.45, 7) is 16.8. The first-order valence-electron chi connectivity index (χ1n) is 45.5. The van der Waals surface area contributed by atoms with Gasteiger partial charge in [0.15, 0.2) is 57.6 Å². The van der Waals surface area contributed by atoms with Crippen molar-refractivity contribution in [3.63, 3.8) is 0 Å². The van der Waals surface area contributed by atoms with Gasteiger partial charge in [0.05, 0.1) is 111 Å². The summed E-state index contributed by atoms with van der Waals surface area (Å²) in [5.74, 6) is 3.41. The molecule has 14 N–H and O–H groups in total. The summed E-state index contributed by atoms with van der Waals surface area (Å²) >= 11 is 0. The Bertz CT molecular complexity index is 7230. The maximum atomic E-state index is 9.95. The van der Waals surface area contributed by atoms with Gasteiger partial charge in [-0.3, -0.25) is 19.9 Å². The highest BCUT2D eigenvalue weighted by Crippen LogP contribution is 2.44. The van der Waals surface area contributed by atoms with Gasteiger partial charge in [-0.2, -0.15) is 21.0 Å². The van der Waals surface area contributed by atoms with Crippen LogP contribution >= 0.6 is 0 Å². The molecule has 1 aliphatic carbocycles. The molecule has 139 heavy (non-hydrogen) atoms. The molecule has 0 bridgehead atoms. The summed E-state index contributed by atoms with van der Waals surface area (Å²) in [6, 6.07) is 59.9. The number of hydrogen-bond donors (Lipinski definition) is 8. The third kappa shape index (κ3) is 21.3. The van der Waals surface area contributed by atoms with Crippen LogP contribution in [0.15, 0.2) is 225 Å². The summed E-state index contributed by atoms with van der Waals surface area (Å²) in [6.07, 6.45) is 20.3. The van der Waals surface area contributed by atoms with Gasteiger partial charge in [0, 0.05) is 146 Å². The highest BCUT2D eigenvalue weighted by Gasteiger charge is 2.41. The number of ether oxygens (including phenoxy) is 2. The molecule has 36 nitrogen and oxygen atoms in total. The molecule has 0 radical (unpaired) electrons. The minimum atomic E-state index is -0.737. The Morgan fingerprint density at radius 1 is 0.432 bits per heavy atom. The van der Waals surface area contributed by atoms with Gasteiger partial charge in [-0.25, -0.2) is 39.9 Å². The number of nitrogens with zero attached hydrogens (tertiary/aromatic N) is 22. The predicted molar refractivity (Wildman–Crippen MR) is 520 cm³/mol. The number of pyridine rings is 4. The lowest BCUT2D eigenvalue weighted by Gasteiger charge is -2.34. The van der Waals surface area contributed by atoms with E-state index in [4.69, 9.17) is 71.7 Å². The summed E-state index contributed by atoms with van der Waals surface area (Å²) in [5, 5.41) is 70.4. The number of piperazine rings is 1. The third-order valence-electron chi connectivity index (χ3n) is 25.1. The fraction of sp³-hybridized carbons (Fsp3) is 0.282. The van der Waals surface area contributed by atoms with Gasteiger partial charge in [-0.05, 0) is 194 Å². The number of aryl methyl sites for hydroxylation is 1. The van der Waals surface area contributed by atoms with Crippen LogP contribution in [0.1, 0.15) is 150 Å². The zero-order valence-corrected chi connectivity index (χ0v) is 77.3. The van der Waals surface area contributed by atoms with Crippen LogP contribution in [-0.2, 0) is 37.6 Å². The summed E-state index contributed by atoms with van der Waals surface area (Å²) < 4.78 is 33.9. The quantitative estimate of drug-likeness (QED) is 0.0312. The number of nitrogen functional groups attached to an aromatic ring is 4. The average Bonchev–Trinajstić information content (AvgIpc) is 0.807. The second-order valence-corrected chi connectivity index (χ2v) is 35.6. The Morgan fingerprint density at radius 2 is 0.842 bits per heavy atom. The minimum absolute atomic E-state index is 0.0591. The Balaban J connectivity index is 0.000000128. The highest BCUT2D eigenvalue weighted by atomic mass is 16.5. The number of nitrogens with two attached hydrogens (primary N) is 6. The van der Waals surface area contributed by atoms with Gasteiger partial charge in [0.1, 0.15) is 16.8 Å². The van der Waals surface area contributed by atoms with E-state index in [9.17, 15) is 21.0 Å². The molecule has 4 fully saturated rings. The van der Waals surface area contributed by atoms with E-state index in [1.165, 1.54) is 11.1 Å². The molecule has 20 rings (SSSR count). The standard InChI is InChI=1S/C30H30N6O3.C26H26N8O.C24H22N8O.C23H22N8O/c31-19-30(9-13-37-14-10-30)27-15-23(7-11-33-27)25-17-34-29(32)28(35-25)26-16-24(36-39-26)22-5-3-20(4-6-22)1-2-21-8-12-38-18-21;1-26(2,15-27)23-11-18(7-8-31-23)21-14-32-25(28)24(33-21)22-12-19(34-35-22)16-3-5-17(6-4-16)20-13-29-9-10-30-20;1-14(26)15-3-5-16(6-4-15)22-31-32-23(33-22)20-21(27)29-12-18(30-20)17-7-10-28-19(11-17)24(13-25)8-2-9-24;1-13(25)14-4-6-15(7-5-14)21-30-31-22(32-21)19-20(26)28-11-17(29-19)16-8-9-27-18(10-16)23(2,3)12-24/h3-7,11,15-17,21H,1-2,8-10,12-14,18H2,(H2,32,34);3-8,11-12,14,20,29-30H,9-10,13H2,1-2H3,(H2,28,32);3-7,10-12,14H,2,8-9,26H2,1H3,(H2,27,29);4-11,13H,25H2,1-3H3,(H2,26,28)/t21-;;14-;13-/m0.00/s1. The van der Waals surface area contributed by atoms with E-state index in [0.29, 0.717) is 130 Å². The first-order valence-corrected chi connectivity index (χ1v) is 45.5. The van der Waals surface area contributed by atoms with E-state index in [1.807, 2.05) is 143 Å². The SMILES string of the molecule is CC(C)(C#N)c1cc(-c2cnc(N)c(-c3cc(-c4ccc(C5CNCCN5)cc4)no3)n2)ccn1.C[C@H](N)c1ccc(-c2nnc(-c3nc(-c4ccnc(C(C)(C)C#N)c4)cnc3N)o2)cc1.C[C@H](N)c1ccc(-c2nnc(-c3nc(-c4ccnc(C5(C#N)CCC5)c4)cnc3N)o2)cc1.N#CC1(c2cc(-c3cnc(N)c(-c4cc(-c5ccc(CC[C@H]6CCOC6)cc5)no4)n3)ccn2)CCOCC1. The molecule has 1 saturated carbocycles. The number of anilines is 4. The molecule has 15 heterocycles. The number of nitriles is 4. The van der Waals surface area contributed by atoms with Gasteiger partial charge in [0.25, 0.3) is 11.8 Å². The van der Waals surface area contributed by atoms with Crippen molar-refractivity contribution in [1.82, 2.24) is 101 Å². The van der Waals surface area contributed by atoms with Crippen molar-refractivity contribution in [2.45, 2.75) is 133 Å². The van der Waals surface area contributed by atoms with E-state index < -0.39 is 21.7 Å². The Hall–Kier alpha value is -16.6. The second-order valence-electron chi connectivity index (χ2n) is 35.6. The lowest BCUT2D eigenvalue weighted by atomic mass is 9.67. The molecular formula is C103H100N30O6. The third-order valence-corrected chi connectivity index (χ3v) is 25.1. The molecule has 16 aromatic rings. The summed E-state index contributed by atoms with van der Waals surface area (Å²) in [5.41, 5.74) is 52.6. The molecule has 36 heteroatoms. The van der Waals surface area contributed by atoms with Crippen molar-refractivity contribution in [1.29, 1.82) is 21.0 Å². The van der Waals surface area contributed by atoms with Crippen molar-refractivity contribution in [3.05, 3.63) is 252 Å². The summed E-state index contributed by atoms with van der Waals surface area (Å²) in [7, 11) is 0. The van der Waals surface area contributed by atoms with Crippen molar-refractivity contribution < 1.29 is 27.4 Å². The molecule has 698 valence electrons. The van der Waals surface area contributed by atoms with Crippen molar-refractivity contribution in [2.75, 3.05) is 69.0 Å². The van der Waals surface area contributed by atoms with Crippen molar-refractivity contribution in [3.8, 4) is 161 Å². The Morgan fingerprint density at radius 3 is 1.24 bits per heavy atom. The van der Waals surface area contributed by atoms with Crippen LogP contribution < -0.4 is 45.0 Å². The van der Waals surface area contributed by atoms with Crippen molar-refractivity contribution in [2.24, 2.45) is 17.4 Å². The maximum absolute atomic E-state index is 9.95. The molecule has 12 aromatic heterocycles.